The molecule has 0 aliphatic rings. The second-order valence-electron chi connectivity index (χ2n) is 6.07. The molecule has 5 nitrogen and oxygen atoms in total. The molecule has 0 unspecified atom stereocenters. The number of fused-ring (bicyclic) bond motifs is 1. The highest BCUT2D eigenvalue weighted by atomic mass is 15.2. The minimum absolute atomic E-state index is 0.523. The zero-order valence-corrected chi connectivity index (χ0v) is 14.5. The van der Waals surface area contributed by atoms with Crippen molar-refractivity contribution in [3.63, 3.8) is 0 Å². The molecule has 5 heteroatoms. The van der Waals surface area contributed by atoms with Crippen LogP contribution in [0.5, 0.6) is 0 Å². The van der Waals surface area contributed by atoms with Crippen LogP contribution < -0.4 is 10.6 Å². The summed E-state index contributed by atoms with van der Waals surface area (Å²) < 4.78 is 0. The van der Waals surface area contributed by atoms with Crippen LogP contribution in [0.25, 0.3) is 10.8 Å². The number of hydrogen-bond donors (Lipinski definition) is 2. The van der Waals surface area contributed by atoms with Crippen LogP contribution in [0.3, 0.4) is 0 Å². The molecule has 0 atom stereocenters. The van der Waals surface area contributed by atoms with Gasteiger partial charge >= 0.3 is 0 Å². The van der Waals surface area contributed by atoms with Gasteiger partial charge in [-0.25, -0.2) is 9.97 Å². The van der Waals surface area contributed by atoms with Gasteiger partial charge in [0.05, 0.1) is 0 Å². The highest BCUT2D eigenvalue weighted by molar-refractivity contribution is 5.92. The summed E-state index contributed by atoms with van der Waals surface area (Å²) in [4.78, 5) is 13.4. The minimum atomic E-state index is 0.523. The molecule has 0 radical (unpaired) electrons. The zero-order valence-electron chi connectivity index (χ0n) is 14.5. The number of hydrogen-bond acceptors (Lipinski definition) is 5. The van der Waals surface area contributed by atoms with E-state index in [1.165, 1.54) is 5.56 Å². The zero-order chi connectivity index (χ0) is 17.8. The summed E-state index contributed by atoms with van der Waals surface area (Å²) in [5.74, 6) is 2.09. The average Bonchev–Trinajstić information content (AvgIpc) is 2.69. The second kappa shape index (κ2) is 7.19. The van der Waals surface area contributed by atoms with Gasteiger partial charge in [0.15, 0.2) is 0 Å². The number of pyridine rings is 1. The summed E-state index contributed by atoms with van der Waals surface area (Å²) in [5, 5.41) is 8.78. The van der Waals surface area contributed by atoms with Gasteiger partial charge in [-0.3, -0.25) is 0 Å². The van der Waals surface area contributed by atoms with Crippen molar-refractivity contribution < 1.29 is 0 Å². The molecule has 4 rings (SSSR count). The Morgan fingerprint density at radius 3 is 2.54 bits per heavy atom. The molecule has 0 fully saturated rings. The quantitative estimate of drug-likeness (QED) is 0.551. The van der Waals surface area contributed by atoms with Crippen molar-refractivity contribution in [1.82, 2.24) is 15.0 Å². The molecule has 4 aromatic rings. The monoisotopic (exact) mass is 341 g/mol. The van der Waals surface area contributed by atoms with E-state index in [0.717, 1.165) is 28.0 Å². The maximum absolute atomic E-state index is 4.62. The molecule has 2 N–H and O–H groups in total. The number of nitrogens with zero attached hydrogens (tertiary/aromatic N) is 3. The predicted molar refractivity (Wildman–Crippen MR) is 106 cm³/mol. The Morgan fingerprint density at radius 1 is 0.846 bits per heavy atom. The van der Waals surface area contributed by atoms with Gasteiger partial charge in [-0.1, -0.05) is 54.6 Å². The van der Waals surface area contributed by atoms with Gasteiger partial charge in [0, 0.05) is 29.9 Å². The lowest BCUT2D eigenvalue weighted by Gasteiger charge is -2.11. The minimum Gasteiger partial charge on any atom is -0.366 e. The highest BCUT2D eigenvalue weighted by Crippen LogP contribution is 2.23. The molecule has 2 heterocycles. The van der Waals surface area contributed by atoms with Crippen LogP contribution in [0.15, 0.2) is 73.1 Å². The van der Waals surface area contributed by atoms with Gasteiger partial charge < -0.3 is 10.6 Å². The first-order chi connectivity index (χ1) is 12.8. The first-order valence-corrected chi connectivity index (χ1v) is 8.52. The average molecular weight is 341 g/mol. The van der Waals surface area contributed by atoms with Crippen LogP contribution in [-0.4, -0.2) is 15.0 Å². The van der Waals surface area contributed by atoms with E-state index in [2.05, 4.69) is 43.8 Å². The molecule has 0 amide bonds. The summed E-state index contributed by atoms with van der Waals surface area (Å²) in [6.45, 7) is 2.71. The summed E-state index contributed by atoms with van der Waals surface area (Å²) in [7, 11) is 0. The van der Waals surface area contributed by atoms with E-state index in [0.29, 0.717) is 12.5 Å². The summed E-state index contributed by atoms with van der Waals surface area (Å²) in [6, 6.07) is 20.3. The summed E-state index contributed by atoms with van der Waals surface area (Å²) in [5.41, 5.74) is 2.20. The third-order valence-electron chi connectivity index (χ3n) is 4.18. The largest absolute Gasteiger partial charge is 0.366 e. The second-order valence-corrected chi connectivity index (χ2v) is 6.07. The fourth-order valence-electron chi connectivity index (χ4n) is 2.79. The van der Waals surface area contributed by atoms with Gasteiger partial charge in [-0.15, -0.1) is 0 Å². The van der Waals surface area contributed by atoms with Gasteiger partial charge in [0.1, 0.15) is 11.6 Å². The number of benzene rings is 2. The maximum atomic E-state index is 4.62. The summed E-state index contributed by atoms with van der Waals surface area (Å²) >= 11 is 0. The number of aryl methyl sites for hydroxylation is 1. The lowest BCUT2D eigenvalue weighted by Crippen LogP contribution is -2.07. The van der Waals surface area contributed by atoms with Crippen LogP contribution in [0.2, 0.25) is 0 Å². The van der Waals surface area contributed by atoms with Crippen LogP contribution in [0.4, 0.5) is 17.6 Å². The van der Waals surface area contributed by atoms with Crippen LogP contribution in [0.1, 0.15) is 11.1 Å². The molecular weight excluding hydrogens is 322 g/mol. The van der Waals surface area contributed by atoms with Crippen molar-refractivity contribution in [3.8, 4) is 0 Å². The van der Waals surface area contributed by atoms with Gasteiger partial charge in [0.2, 0.25) is 5.95 Å². The Bertz CT molecular complexity index is 1030. The molecule has 26 heavy (non-hydrogen) atoms. The normalized spacial score (nSPS) is 10.7. The van der Waals surface area contributed by atoms with E-state index < -0.39 is 0 Å². The molecule has 0 aliphatic heterocycles. The van der Waals surface area contributed by atoms with E-state index in [1.54, 1.807) is 6.20 Å². The number of anilines is 3. The first-order valence-electron chi connectivity index (χ1n) is 8.52. The molecular formula is C21H19N5. The van der Waals surface area contributed by atoms with Crippen molar-refractivity contribution in [2.24, 2.45) is 0 Å². The Hall–Kier alpha value is -3.47. The number of rotatable bonds is 5. The van der Waals surface area contributed by atoms with E-state index in [1.807, 2.05) is 55.6 Å². The standard InChI is InChI=1S/C21H19N5/c1-15-13-24-21(25-19(15)23-14-16-7-3-2-4-8-16)26-20-18-10-6-5-9-17(18)11-12-22-20/h2-13H,14H2,1H3,(H2,22,23,24,25,26). The molecule has 0 bridgehead atoms. The molecule has 0 spiro atoms. The van der Waals surface area contributed by atoms with Crippen molar-refractivity contribution >= 4 is 28.4 Å². The number of nitrogens with one attached hydrogen (secondary N) is 2. The van der Waals surface area contributed by atoms with Gasteiger partial charge in [-0.2, -0.15) is 4.98 Å². The smallest absolute Gasteiger partial charge is 0.230 e. The lowest BCUT2D eigenvalue weighted by molar-refractivity contribution is 1.06. The highest BCUT2D eigenvalue weighted by Gasteiger charge is 2.07. The number of aromatic nitrogens is 3. The Kier molecular flexibility index (Phi) is 4.43. The fourth-order valence-corrected chi connectivity index (χ4v) is 2.79. The molecule has 0 saturated heterocycles. The van der Waals surface area contributed by atoms with Crippen molar-refractivity contribution in [2.75, 3.05) is 10.6 Å². The third kappa shape index (κ3) is 3.47. The van der Waals surface area contributed by atoms with E-state index in [9.17, 15) is 0 Å². The van der Waals surface area contributed by atoms with Crippen molar-refractivity contribution in [2.45, 2.75) is 13.5 Å². The van der Waals surface area contributed by atoms with E-state index in [-0.39, 0.29) is 0 Å². The van der Waals surface area contributed by atoms with Crippen LogP contribution in [-0.2, 0) is 6.54 Å². The Balaban J connectivity index is 1.57. The summed E-state index contributed by atoms with van der Waals surface area (Å²) in [6.07, 6.45) is 3.60. The first kappa shape index (κ1) is 16.0. The van der Waals surface area contributed by atoms with E-state index >= 15 is 0 Å². The van der Waals surface area contributed by atoms with Crippen molar-refractivity contribution in [1.29, 1.82) is 0 Å². The molecule has 2 aromatic heterocycles. The fraction of sp³-hybridized carbons (Fsp3) is 0.0952. The topological polar surface area (TPSA) is 62.7 Å². The van der Waals surface area contributed by atoms with Crippen LogP contribution >= 0.6 is 0 Å². The van der Waals surface area contributed by atoms with Crippen LogP contribution in [0, 0.1) is 6.92 Å². The van der Waals surface area contributed by atoms with Gasteiger partial charge in [0.25, 0.3) is 0 Å². The molecule has 0 saturated carbocycles. The van der Waals surface area contributed by atoms with Crippen molar-refractivity contribution in [3.05, 3.63) is 84.2 Å². The predicted octanol–water partition coefficient (Wildman–Crippen LogP) is 4.69. The third-order valence-corrected chi connectivity index (χ3v) is 4.18. The van der Waals surface area contributed by atoms with Gasteiger partial charge in [-0.05, 0) is 23.9 Å². The molecule has 2 aromatic carbocycles. The lowest BCUT2D eigenvalue weighted by atomic mass is 10.1. The molecule has 128 valence electrons. The molecule has 0 aliphatic carbocycles. The SMILES string of the molecule is Cc1cnc(Nc2nccc3ccccc23)nc1NCc1ccccc1. The maximum Gasteiger partial charge on any atom is 0.230 e. The Labute approximate surface area is 152 Å². The van der Waals surface area contributed by atoms with E-state index in [4.69, 9.17) is 0 Å². The Morgan fingerprint density at radius 2 is 1.65 bits per heavy atom.